The largest absolute Gasteiger partial charge is 0.496 e. The summed E-state index contributed by atoms with van der Waals surface area (Å²) in [5.41, 5.74) is 7.74. The van der Waals surface area contributed by atoms with E-state index < -0.39 is 0 Å². The third-order valence-corrected chi connectivity index (χ3v) is 4.12. The second-order valence-electron chi connectivity index (χ2n) is 4.88. The fraction of sp³-hybridized carbons (Fsp3) is 0.294. The summed E-state index contributed by atoms with van der Waals surface area (Å²) >= 11 is 12.1. The topological polar surface area (TPSA) is 44.5 Å². The Morgan fingerprint density at radius 3 is 2.64 bits per heavy atom. The fourth-order valence-electron chi connectivity index (χ4n) is 2.16. The summed E-state index contributed by atoms with van der Waals surface area (Å²) in [5.74, 6) is 1.35. The van der Waals surface area contributed by atoms with Crippen molar-refractivity contribution in [1.82, 2.24) is 0 Å². The molecule has 0 aromatic heterocycles. The van der Waals surface area contributed by atoms with E-state index in [1.54, 1.807) is 25.3 Å². The molecule has 2 aromatic carbocycles. The zero-order chi connectivity index (χ0) is 15.9. The highest BCUT2D eigenvalue weighted by Crippen LogP contribution is 2.32. The third kappa shape index (κ3) is 4.29. The minimum atomic E-state index is 0.361. The summed E-state index contributed by atoms with van der Waals surface area (Å²) in [7, 11) is 1.64. The van der Waals surface area contributed by atoms with Crippen molar-refractivity contribution in [2.45, 2.75) is 19.4 Å². The van der Waals surface area contributed by atoms with Crippen molar-refractivity contribution < 1.29 is 9.47 Å². The summed E-state index contributed by atoms with van der Waals surface area (Å²) in [4.78, 5) is 0. The predicted octanol–water partition coefficient (Wildman–Crippen LogP) is 4.47. The molecule has 22 heavy (non-hydrogen) atoms. The number of halogens is 2. The lowest BCUT2D eigenvalue weighted by Crippen LogP contribution is -2.03. The molecule has 0 bridgehead atoms. The monoisotopic (exact) mass is 339 g/mol. The van der Waals surface area contributed by atoms with Crippen LogP contribution in [-0.2, 0) is 13.0 Å². The van der Waals surface area contributed by atoms with E-state index in [-0.39, 0.29) is 0 Å². The van der Waals surface area contributed by atoms with Gasteiger partial charge in [-0.25, -0.2) is 0 Å². The lowest BCUT2D eigenvalue weighted by molar-refractivity contribution is 0.296. The van der Waals surface area contributed by atoms with E-state index >= 15 is 0 Å². The van der Waals surface area contributed by atoms with Crippen molar-refractivity contribution >= 4 is 23.2 Å². The lowest BCUT2D eigenvalue weighted by atomic mass is 10.1. The zero-order valence-corrected chi connectivity index (χ0v) is 14.0. The second kappa shape index (κ2) is 8.28. The number of ether oxygens (including phenoxy) is 2. The number of aryl methyl sites for hydroxylation is 1. The third-order valence-electron chi connectivity index (χ3n) is 3.31. The smallest absolute Gasteiger partial charge is 0.139 e. The van der Waals surface area contributed by atoms with Crippen LogP contribution in [0.4, 0.5) is 0 Å². The zero-order valence-electron chi connectivity index (χ0n) is 12.4. The molecule has 0 fully saturated rings. The van der Waals surface area contributed by atoms with Crippen molar-refractivity contribution in [2.24, 2.45) is 5.73 Å². The van der Waals surface area contributed by atoms with Gasteiger partial charge in [0.1, 0.15) is 23.1 Å². The Bertz CT molecular complexity index is 632. The summed E-state index contributed by atoms with van der Waals surface area (Å²) in [6, 6.07) is 11.4. The second-order valence-corrected chi connectivity index (χ2v) is 5.66. The van der Waals surface area contributed by atoms with Crippen molar-refractivity contribution in [2.75, 3.05) is 13.7 Å². The van der Waals surface area contributed by atoms with Gasteiger partial charge in [0, 0.05) is 5.56 Å². The average molecular weight is 340 g/mol. The molecule has 0 aliphatic heterocycles. The molecule has 5 heteroatoms. The quantitative estimate of drug-likeness (QED) is 0.809. The lowest BCUT2D eigenvalue weighted by Gasteiger charge is -2.13. The normalized spacial score (nSPS) is 10.5. The SMILES string of the molecule is COc1ccc(CCCN)cc1COc1cccc(Cl)c1Cl. The van der Waals surface area contributed by atoms with Gasteiger partial charge in [-0.1, -0.05) is 35.3 Å². The number of hydrogen-bond donors (Lipinski definition) is 1. The Morgan fingerprint density at radius 2 is 1.91 bits per heavy atom. The molecular formula is C17H19Cl2NO2. The molecule has 2 aromatic rings. The van der Waals surface area contributed by atoms with E-state index in [9.17, 15) is 0 Å². The number of methoxy groups -OCH3 is 1. The van der Waals surface area contributed by atoms with Gasteiger partial charge in [-0.3, -0.25) is 0 Å². The van der Waals surface area contributed by atoms with E-state index in [1.807, 2.05) is 12.1 Å². The maximum Gasteiger partial charge on any atom is 0.139 e. The van der Waals surface area contributed by atoms with Crippen LogP contribution in [0.1, 0.15) is 17.5 Å². The van der Waals surface area contributed by atoms with Gasteiger partial charge in [0.25, 0.3) is 0 Å². The minimum Gasteiger partial charge on any atom is -0.496 e. The highest BCUT2D eigenvalue weighted by molar-refractivity contribution is 6.42. The summed E-state index contributed by atoms with van der Waals surface area (Å²) in [6.45, 7) is 1.04. The van der Waals surface area contributed by atoms with Crippen LogP contribution >= 0.6 is 23.2 Å². The Morgan fingerprint density at radius 1 is 1.09 bits per heavy atom. The minimum absolute atomic E-state index is 0.361. The summed E-state index contributed by atoms with van der Waals surface area (Å²) < 4.78 is 11.2. The van der Waals surface area contributed by atoms with E-state index in [4.69, 9.17) is 38.4 Å². The van der Waals surface area contributed by atoms with E-state index in [0.29, 0.717) is 28.9 Å². The van der Waals surface area contributed by atoms with Gasteiger partial charge in [-0.05, 0) is 49.2 Å². The van der Waals surface area contributed by atoms with Crippen LogP contribution in [-0.4, -0.2) is 13.7 Å². The fourth-order valence-corrected chi connectivity index (χ4v) is 2.50. The molecule has 0 radical (unpaired) electrons. The molecule has 0 atom stereocenters. The molecule has 0 aliphatic carbocycles. The molecule has 0 aliphatic rings. The number of hydrogen-bond acceptors (Lipinski definition) is 3. The van der Waals surface area contributed by atoms with Crippen molar-refractivity contribution in [3.8, 4) is 11.5 Å². The first-order valence-corrected chi connectivity index (χ1v) is 7.84. The van der Waals surface area contributed by atoms with E-state index in [2.05, 4.69) is 6.07 Å². The first-order valence-electron chi connectivity index (χ1n) is 7.08. The van der Waals surface area contributed by atoms with Crippen molar-refractivity contribution in [3.63, 3.8) is 0 Å². The first-order chi connectivity index (χ1) is 10.7. The van der Waals surface area contributed by atoms with Gasteiger partial charge in [0.15, 0.2) is 0 Å². The van der Waals surface area contributed by atoms with Gasteiger partial charge >= 0.3 is 0 Å². The van der Waals surface area contributed by atoms with Crippen LogP contribution in [0.15, 0.2) is 36.4 Å². The molecule has 2 rings (SSSR count). The molecule has 2 N–H and O–H groups in total. The molecule has 0 spiro atoms. The Kier molecular flexibility index (Phi) is 6.37. The van der Waals surface area contributed by atoms with Crippen LogP contribution in [0.25, 0.3) is 0 Å². The Hall–Kier alpha value is -1.42. The van der Waals surface area contributed by atoms with E-state index in [0.717, 1.165) is 24.2 Å². The maximum absolute atomic E-state index is 6.13. The van der Waals surface area contributed by atoms with Crippen LogP contribution < -0.4 is 15.2 Å². The van der Waals surface area contributed by atoms with Gasteiger partial charge in [0.2, 0.25) is 0 Å². The number of benzene rings is 2. The molecule has 118 valence electrons. The van der Waals surface area contributed by atoms with Crippen molar-refractivity contribution in [1.29, 1.82) is 0 Å². The Labute approximate surface area is 140 Å². The maximum atomic E-state index is 6.13. The van der Waals surface area contributed by atoms with E-state index in [1.165, 1.54) is 5.56 Å². The molecule has 0 saturated carbocycles. The summed E-state index contributed by atoms with van der Waals surface area (Å²) in [6.07, 6.45) is 1.89. The number of rotatable bonds is 7. The van der Waals surface area contributed by atoms with Gasteiger partial charge in [0.05, 0.1) is 12.1 Å². The standard InChI is InChI=1S/C17H19Cl2NO2/c1-21-15-8-7-12(4-3-9-20)10-13(15)11-22-16-6-2-5-14(18)17(16)19/h2,5-8,10H,3-4,9,11,20H2,1H3. The Balaban J connectivity index is 2.15. The van der Waals surface area contributed by atoms with Crippen molar-refractivity contribution in [3.05, 3.63) is 57.6 Å². The van der Waals surface area contributed by atoms with Gasteiger partial charge < -0.3 is 15.2 Å². The van der Waals surface area contributed by atoms with Gasteiger partial charge in [-0.2, -0.15) is 0 Å². The predicted molar refractivity (Wildman–Crippen MR) is 91.2 cm³/mol. The molecule has 0 amide bonds. The van der Waals surface area contributed by atoms with Crippen LogP contribution in [0.2, 0.25) is 10.0 Å². The molecule has 0 unspecified atom stereocenters. The molecule has 3 nitrogen and oxygen atoms in total. The highest BCUT2D eigenvalue weighted by atomic mass is 35.5. The molecular weight excluding hydrogens is 321 g/mol. The number of nitrogens with two attached hydrogens (primary N) is 1. The molecule has 0 heterocycles. The average Bonchev–Trinajstić information content (AvgIpc) is 2.54. The first kappa shape index (κ1) is 16.9. The van der Waals surface area contributed by atoms with Crippen LogP contribution in [0.5, 0.6) is 11.5 Å². The molecule has 0 saturated heterocycles. The van der Waals surface area contributed by atoms with Gasteiger partial charge in [-0.15, -0.1) is 0 Å². The summed E-state index contributed by atoms with van der Waals surface area (Å²) in [5, 5.41) is 0.894. The van der Waals surface area contributed by atoms with Crippen LogP contribution in [0, 0.1) is 0 Å². The van der Waals surface area contributed by atoms with Crippen LogP contribution in [0.3, 0.4) is 0 Å². The highest BCUT2D eigenvalue weighted by Gasteiger charge is 2.09.